The van der Waals surface area contributed by atoms with Crippen molar-refractivity contribution in [2.75, 3.05) is 45.8 Å². The van der Waals surface area contributed by atoms with E-state index in [0.717, 1.165) is 62.2 Å². The molecule has 0 saturated carbocycles. The highest BCUT2D eigenvalue weighted by Crippen LogP contribution is 2.24. The van der Waals surface area contributed by atoms with E-state index in [4.69, 9.17) is 9.47 Å². The van der Waals surface area contributed by atoms with Gasteiger partial charge in [-0.25, -0.2) is 9.97 Å². The second kappa shape index (κ2) is 8.73. The number of nitrogens with one attached hydrogen (secondary N) is 1. The molecular formula is C18H25N5O2. The van der Waals surface area contributed by atoms with Crippen molar-refractivity contribution in [1.29, 1.82) is 0 Å². The molecule has 0 amide bonds. The van der Waals surface area contributed by atoms with Crippen molar-refractivity contribution in [3.8, 4) is 5.75 Å². The van der Waals surface area contributed by atoms with Crippen molar-refractivity contribution >= 4 is 5.82 Å². The van der Waals surface area contributed by atoms with E-state index in [1.165, 1.54) is 0 Å². The highest BCUT2D eigenvalue weighted by molar-refractivity contribution is 5.36. The number of aromatic nitrogens is 3. The minimum Gasteiger partial charge on any atom is -0.495 e. The summed E-state index contributed by atoms with van der Waals surface area (Å²) in [5.74, 6) is 2.07. The summed E-state index contributed by atoms with van der Waals surface area (Å²) in [4.78, 5) is 15.3. The third-order valence-corrected chi connectivity index (χ3v) is 4.32. The Morgan fingerprint density at radius 3 is 3.08 bits per heavy atom. The Hall–Kier alpha value is -2.25. The predicted octanol–water partition coefficient (Wildman–Crippen LogP) is 1.93. The quantitative estimate of drug-likeness (QED) is 0.785. The third-order valence-electron chi connectivity index (χ3n) is 4.32. The fraction of sp³-hybridized carbons (Fsp3) is 0.500. The first-order chi connectivity index (χ1) is 12.3. The van der Waals surface area contributed by atoms with Crippen molar-refractivity contribution < 1.29 is 9.47 Å². The summed E-state index contributed by atoms with van der Waals surface area (Å²) >= 11 is 0. The standard InChI is InChI=1S/C18H25N5O2/c1-23(11-16-17(24-2)4-3-6-19-16)8-7-20-18-10-15(21-13-22-18)14-5-9-25-12-14/h3-4,6,10,13-14H,5,7-9,11-12H2,1-2H3,(H,20,21,22)/t14-/m1/s1. The number of likely N-dealkylation sites (N-methyl/N-ethyl adjacent to an activating group) is 1. The zero-order chi connectivity index (χ0) is 17.5. The van der Waals surface area contributed by atoms with Crippen LogP contribution in [0.25, 0.3) is 0 Å². The molecule has 3 heterocycles. The first kappa shape index (κ1) is 17.6. The molecule has 0 bridgehead atoms. The molecule has 2 aromatic heterocycles. The molecule has 0 aliphatic carbocycles. The first-order valence-corrected chi connectivity index (χ1v) is 8.56. The zero-order valence-corrected chi connectivity index (χ0v) is 14.8. The third kappa shape index (κ3) is 4.87. The summed E-state index contributed by atoms with van der Waals surface area (Å²) in [5.41, 5.74) is 2.00. The molecule has 1 N–H and O–H groups in total. The lowest BCUT2D eigenvalue weighted by Crippen LogP contribution is -2.25. The zero-order valence-electron chi connectivity index (χ0n) is 14.8. The van der Waals surface area contributed by atoms with Gasteiger partial charge in [0.2, 0.25) is 0 Å². The smallest absolute Gasteiger partial charge is 0.141 e. The van der Waals surface area contributed by atoms with Gasteiger partial charge in [-0.3, -0.25) is 9.88 Å². The maximum atomic E-state index is 5.44. The summed E-state index contributed by atoms with van der Waals surface area (Å²) in [6, 6.07) is 5.84. The second-order valence-electron chi connectivity index (χ2n) is 6.21. The van der Waals surface area contributed by atoms with Crippen molar-refractivity contribution in [3.05, 3.63) is 42.1 Å². The van der Waals surface area contributed by atoms with Crippen LogP contribution in [0, 0.1) is 0 Å². The highest BCUT2D eigenvalue weighted by Gasteiger charge is 2.19. The van der Waals surface area contributed by atoms with Gasteiger partial charge in [-0.05, 0) is 25.6 Å². The van der Waals surface area contributed by atoms with Gasteiger partial charge < -0.3 is 14.8 Å². The Morgan fingerprint density at radius 2 is 2.28 bits per heavy atom. The Morgan fingerprint density at radius 1 is 1.36 bits per heavy atom. The van der Waals surface area contributed by atoms with E-state index in [0.29, 0.717) is 5.92 Å². The van der Waals surface area contributed by atoms with Crippen LogP contribution < -0.4 is 10.1 Å². The average Bonchev–Trinajstić information content (AvgIpc) is 3.17. The Labute approximate surface area is 148 Å². The van der Waals surface area contributed by atoms with Gasteiger partial charge in [0, 0.05) is 44.4 Å². The molecule has 1 aliphatic heterocycles. The molecular weight excluding hydrogens is 318 g/mol. The van der Waals surface area contributed by atoms with E-state index in [2.05, 4.69) is 32.2 Å². The summed E-state index contributed by atoms with van der Waals surface area (Å²) in [6.45, 7) is 3.97. The number of pyridine rings is 1. The van der Waals surface area contributed by atoms with E-state index in [1.54, 1.807) is 19.6 Å². The van der Waals surface area contributed by atoms with E-state index < -0.39 is 0 Å². The number of nitrogens with zero attached hydrogens (tertiary/aromatic N) is 4. The maximum absolute atomic E-state index is 5.44. The molecule has 1 saturated heterocycles. The van der Waals surface area contributed by atoms with Crippen molar-refractivity contribution in [3.63, 3.8) is 0 Å². The lowest BCUT2D eigenvalue weighted by molar-refractivity contribution is 0.193. The number of ether oxygens (including phenoxy) is 2. The number of hydrogen-bond acceptors (Lipinski definition) is 7. The second-order valence-corrected chi connectivity index (χ2v) is 6.21. The van der Waals surface area contributed by atoms with Crippen LogP contribution in [0.4, 0.5) is 5.82 Å². The predicted molar refractivity (Wildman–Crippen MR) is 95.8 cm³/mol. The molecule has 25 heavy (non-hydrogen) atoms. The summed E-state index contributed by atoms with van der Waals surface area (Å²) in [6.07, 6.45) is 4.45. The van der Waals surface area contributed by atoms with Gasteiger partial charge in [-0.1, -0.05) is 0 Å². The van der Waals surface area contributed by atoms with Gasteiger partial charge in [-0.15, -0.1) is 0 Å². The topological polar surface area (TPSA) is 72.4 Å². The van der Waals surface area contributed by atoms with E-state index in [9.17, 15) is 0 Å². The Kier molecular flexibility index (Phi) is 6.14. The van der Waals surface area contributed by atoms with E-state index in [-0.39, 0.29) is 0 Å². The molecule has 0 spiro atoms. The Bertz CT molecular complexity index is 676. The van der Waals surface area contributed by atoms with Crippen LogP contribution >= 0.6 is 0 Å². The van der Waals surface area contributed by atoms with Crippen molar-refractivity contribution in [1.82, 2.24) is 19.9 Å². The molecule has 0 aromatic carbocycles. The van der Waals surface area contributed by atoms with Crippen LogP contribution in [-0.2, 0) is 11.3 Å². The fourth-order valence-corrected chi connectivity index (χ4v) is 2.90. The SMILES string of the molecule is COc1cccnc1CN(C)CCNc1cc([C@@H]2CCOC2)ncn1. The minimum atomic E-state index is 0.392. The van der Waals surface area contributed by atoms with Gasteiger partial charge in [0.25, 0.3) is 0 Å². The first-order valence-electron chi connectivity index (χ1n) is 8.56. The van der Waals surface area contributed by atoms with Gasteiger partial charge in [0.05, 0.1) is 25.1 Å². The summed E-state index contributed by atoms with van der Waals surface area (Å²) in [7, 11) is 3.74. The van der Waals surface area contributed by atoms with E-state index >= 15 is 0 Å². The molecule has 7 heteroatoms. The minimum absolute atomic E-state index is 0.392. The van der Waals surface area contributed by atoms with Crippen molar-refractivity contribution in [2.45, 2.75) is 18.9 Å². The monoisotopic (exact) mass is 343 g/mol. The lowest BCUT2D eigenvalue weighted by Gasteiger charge is -2.18. The lowest BCUT2D eigenvalue weighted by atomic mass is 10.1. The Balaban J connectivity index is 1.48. The van der Waals surface area contributed by atoms with Gasteiger partial charge >= 0.3 is 0 Å². The molecule has 1 fully saturated rings. The molecule has 2 aromatic rings. The molecule has 134 valence electrons. The number of rotatable bonds is 8. The van der Waals surface area contributed by atoms with Gasteiger partial charge in [0.1, 0.15) is 17.9 Å². The van der Waals surface area contributed by atoms with Crippen LogP contribution in [0.1, 0.15) is 23.7 Å². The largest absolute Gasteiger partial charge is 0.495 e. The number of anilines is 1. The highest BCUT2D eigenvalue weighted by atomic mass is 16.5. The molecule has 7 nitrogen and oxygen atoms in total. The van der Waals surface area contributed by atoms with Crippen LogP contribution in [0.15, 0.2) is 30.7 Å². The summed E-state index contributed by atoms with van der Waals surface area (Å²) < 4.78 is 10.8. The molecule has 3 rings (SSSR count). The van der Waals surface area contributed by atoms with Gasteiger partial charge in [-0.2, -0.15) is 0 Å². The summed E-state index contributed by atoms with van der Waals surface area (Å²) in [5, 5.41) is 3.37. The average molecular weight is 343 g/mol. The van der Waals surface area contributed by atoms with Crippen molar-refractivity contribution in [2.24, 2.45) is 0 Å². The maximum Gasteiger partial charge on any atom is 0.141 e. The van der Waals surface area contributed by atoms with Crippen LogP contribution in [-0.4, -0.2) is 60.3 Å². The molecule has 1 atom stereocenters. The number of hydrogen-bond donors (Lipinski definition) is 1. The van der Waals surface area contributed by atoms with Crippen LogP contribution in [0.5, 0.6) is 5.75 Å². The normalized spacial score (nSPS) is 17.0. The molecule has 0 radical (unpaired) electrons. The number of methoxy groups -OCH3 is 1. The van der Waals surface area contributed by atoms with Crippen LogP contribution in [0.3, 0.4) is 0 Å². The fourth-order valence-electron chi connectivity index (χ4n) is 2.90. The van der Waals surface area contributed by atoms with Gasteiger partial charge in [0.15, 0.2) is 0 Å². The van der Waals surface area contributed by atoms with Crippen LogP contribution in [0.2, 0.25) is 0 Å². The molecule has 1 aliphatic rings. The molecule has 0 unspecified atom stereocenters. The van der Waals surface area contributed by atoms with E-state index in [1.807, 2.05) is 18.2 Å².